The second-order valence-electron chi connectivity index (χ2n) is 5.03. The Morgan fingerprint density at radius 2 is 2.32 bits per heavy atom. The number of benzene rings is 1. The van der Waals surface area contributed by atoms with Crippen molar-refractivity contribution in [3.63, 3.8) is 0 Å². The molecular formula is C14H20ClFN2O. The molecule has 19 heavy (non-hydrogen) atoms. The third kappa shape index (κ3) is 4.42. The van der Waals surface area contributed by atoms with Gasteiger partial charge in [-0.05, 0) is 55.9 Å². The van der Waals surface area contributed by atoms with E-state index in [-0.39, 0.29) is 18.0 Å². The van der Waals surface area contributed by atoms with Crippen LogP contribution in [0.2, 0.25) is 5.02 Å². The molecule has 0 radical (unpaired) electrons. The fraction of sp³-hybridized carbons (Fsp3) is 0.571. The Hall–Kier alpha value is -0.680. The molecule has 0 amide bonds. The SMILES string of the molecule is NNC(Cc1cc(Cl)ccc1F)CC1CCCCO1. The fourth-order valence-corrected chi connectivity index (χ4v) is 2.68. The summed E-state index contributed by atoms with van der Waals surface area (Å²) < 4.78 is 19.4. The van der Waals surface area contributed by atoms with Gasteiger partial charge in [0, 0.05) is 17.7 Å². The van der Waals surface area contributed by atoms with Gasteiger partial charge in [-0.3, -0.25) is 11.3 Å². The number of rotatable bonds is 5. The molecule has 0 aliphatic carbocycles. The van der Waals surface area contributed by atoms with E-state index in [2.05, 4.69) is 5.43 Å². The van der Waals surface area contributed by atoms with Crippen LogP contribution in [0.15, 0.2) is 18.2 Å². The highest BCUT2D eigenvalue weighted by Crippen LogP contribution is 2.21. The van der Waals surface area contributed by atoms with Crippen LogP contribution in [0, 0.1) is 5.82 Å². The van der Waals surface area contributed by atoms with E-state index in [1.165, 1.54) is 12.5 Å². The third-order valence-electron chi connectivity index (χ3n) is 3.53. The Balaban J connectivity index is 1.95. The minimum atomic E-state index is -0.241. The zero-order chi connectivity index (χ0) is 13.7. The summed E-state index contributed by atoms with van der Waals surface area (Å²) in [7, 11) is 0. The van der Waals surface area contributed by atoms with E-state index >= 15 is 0 Å². The summed E-state index contributed by atoms with van der Waals surface area (Å²) in [5, 5.41) is 0.543. The van der Waals surface area contributed by atoms with Crippen molar-refractivity contribution in [1.29, 1.82) is 0 Å². The van der Waals surface area contributed by atoms with E-state index < -0.39 is 0 Å². The molecule has 2 rings (SSSR count). The van der Waals surface area contributed by atoms with Crippen LogP contribution in [0.3, 0.4) is 0 Å². The van der Waals surface area contributed by atoms with E-state index in [4.69, 9.17) is 22.2 Å². The average molecular weight is 287 g/mol. The second kappa shape index (κ2) is 7.20. The van der Waals surface area contributed by atoms with Gasteiger partial charge in [0.2, 0.25) is 0 Å². The van der Waals surface area contributed by atoms with Gasteiger partial charge in [0.25, 0.3) is 0 Å². The first-order valence-corrected chi connectivity index (χ1v) is 7.08. The number of ether oxygens (including phenoxy) is 1. The van der Waals surface area contributed by atoms with Gasteiger partial charge >= 0.3 is 0 Å². The predicted molar refractivity (Wildman–Crippen MR) is 74.4 cm³/mol. The van der Waals surface area contributed by atoms with Gasteiger partial charge in [-0.25, -0.2) is 4.39 Å². The van der Waals surface area contributed by atoms with Gasteiger partial charge in [-0.2, -0.15) is 0 Å². The topological polar surface area (TPSA) is 47.3 Å². The molecule has 1 saturated heterocycles. The molecule has 0 spiro atoms. The molecule has 1 heterocycles. The first-order chi connectivity index (χ1) is 9.19. The number of hydrazine groups is 1. The largest absolute Gasteiger partial charge is 0.378 e. The maximum absolute atomic E-state index is 13.7. The summed E-state index contributed by atoms with van der Waals surface area (Å²) in [6.07, 6.45) is 4.90. The Morgan fingerprint density at radius 1 is 1.47 bits per heavy atom. The molecule has 2 unspecified atom stereocenters. The maximum Gasteiger partial charge on any atom is 0.126 e. The fourth-order valence-electron chi connectivity index (χ4n) is 2.49. The molecule has 0 bridgehead atoms. The van der Waals surface area contributed by atoms with Crippen molar-refractivity contribution in [1.82, 2.24) is 5.43 Å². The summed E-state index contributed by atoms with van der Waals surface area (Å²) in [5.74, 6) is 5.32. The molecular weight excluding hydrogens is 267 g/mol. The van der Waals surface area contributed by atoms with Crippen LogP contribution in [0.25, 0.3) is 0 Å². The van der Waals surface area contributed by atoms with Crippen LogP contribution in [-0.2, 0) is 11.2 Å². The quantitative estimate of drug-likeness (QED) is 0.646. The summed E-state index contributed by atoms with van der Waals surface area (Å²) in [6.45, 7) is 0.813. The normalized spacial score (nSPS) is 21.3. The van der Waals surface area contributed by atoms with E-state index in [0.717, 1.165) is 25.9 Å². The van der Waals surface area contributed by atoms with Crippen molar-refractivity contribution in [2.24, 2.45) is 5.84 Å². The zero-order valence-electron chi connectivity index (χ0n) is 10.9. The molecule has 1 aliphatic rings. The summed E-state index contributed by atoms with van der Waals surface area (Å²) in [5.41, 5.74) is 3.34. The van der Waals surface area contributed by atoms with E-state index in [0.29, 0.717) is 17.0 Å². The molecule has 106 valence electrons. The van der Waals surface area contributed by atoms with Crippen molar-refractivity contribution < 1.29 is 9.13 Å². The molecule has 3 nitrogen and oxygen atoms in total. The highest BCUT2D eigenvalue weighted by molar-refractivity contribution is 6.30. The van der Waals surface area contributed by atoms with Crippen LogP contribution in [0.5, 0.6) is 0 Å². The monoisotopic (exact) mass is 286 g/mol. The highest BCUT2D eigenvalue weighted by atomic mass is 35.5. The Morgan fingerprint density at radius 3 is 3.00 bits per heavy atom. The molecule has 0 saturated carbocycles. The molecule has 0 aromatic heterocycles. The molecule has 1 aromatic carbocycles. The lowest BCUT2D eigenvalue weighted by molar-refractivity contribution is 0.00519. The van der Waals surface area contributed by atoms with Gasteiger partial charge in [0.1, 0.15) is 5.82 Å². The lowest BCUT2D eigenvalue weighted by atomic mass is 9.97. The van der Waals surface area contributed by atoms with Gasteiger partial charge in [0.15, 0.2) is 0 Å². The number of hydrogen-bond acceptors (Lipinski definition) is 3. The summed E-state index contributed by atoms with van der Waals surface area (Å²) >= 11 is 5.89. The molecule has 1 aliphatic heterocycles. The maximum atomic E-state index is 13.7. The van der Waals surface area contributed by atoms with Crippen LogP contribution in [0.4, 0.5) is 4.39 Å². The number of nitrogens with one attached hydrogen (secondary N) is 1. The van der Waals surface area contributed by atoms with Crippen molar-refractivity contribution in [2.45, 2.75) is 44.2 Å². The zero-order valence-corrected chi connectivity index (χ0v) is 11.6. The minimum absolute atomic E-state index is 0.00364. The molecule has 3 N–H and O–H groups in total. The first-order valence-electron chi connectivity index (χ1n) is 6.70. The van der Waals surface area contributed by atoms with Crippen molar-refractivity contribution in [3.05, 3.63) is 34.6 Å². The van der Waals surface area contributed by atoms with Crippen LogP contribution in [0.1, 0.15) is 31.2 Å². The Labute approximate surface area is 118 Å². The van der Waals surface area contributed by atoms with E-state index in [9.17, 15) is 4.39 Å². The van der Waals surface area contributed by atoms with E-state index in [1.54, 1.807) is 12.1 Å². The number of halogens is 2. The van der Waals surface area contributed by atoms with E-state index in [1.807, 2.05) is 0 Å². The summed E-state index contributed by atoms with van der Waals surface area (Å²) in [6, 6.07) is 4.59. The lowest BCUT2D eigenvalue weighted by Gasteiger charge is -2.26. The van der Waals surface area contributed by atoms with Gasteiger partial charge in [0.05, 0.1) is 6.10 Å². The molecule has 1 aromatic rings. The van der Waals surface area contributed by atoms with Crippen LogP contribution < -0.4 is 11.3 Å². The Bertz CT molecular complexity index is 410. The predicted octanol–water partition coefficient (Wildman–Crippen LogP) is 2.81. The van der Waals surface area contributed by atoms with Gasteiger partial charge in [-0.15, -0.1) is 0 Å². The average Bonchev–Trinajstić information content (AvgIpc) is 2.43. The highest BCUT2D eigenvalue weighted by Gasteiger charge is 2.20. The third-order valence-corrected chi connectivity index (χ3v) is 3.77. The molecule has 1 fully saturated rings. The number of nitrogens with two attached hydrogens (primary N) is 1. The van der Waals surface area contributed by atoms with Crippen molar-refractivity contribution in [3.8, 4) is 0 Å². The molecule has 2 atom stereocenters. The minimum Gasteiger partial charge on any atom is -0.378 e. The first kappa shape index (κ1) is 14.7. The lowest BCUT2D eigenvalue weighted by Crippen LogP contribution is -2.40. The van der Waals surface area contributed by atoms with Gasteiger partial charge < -0.3 is 4.74 Å². The number of hydrogen-bond donors (Lipinski definition) is 2. The van der Waals surface area contributed by atoms with Gasteiger partial charge in [-0.1, -0.05) is 11.6 Å². The van der Waals surface area contributed by atoms with Crippen molar-refractivity contribution in [2.75, 3.05) is 6.61 Å². The van der Waals surface area contributed by atoms with Crippen LogP contribution in [-0.4, -0.2) is 18.8 Å². The molecule has 5 heteroatoms. The Kier molecular flexibility index (Phi) is 5.58. The smallest absolute Gasteiger partial charge is 0.126 e. The standard InChI is InChI=1S/C14H20ClFN2O/c15-11-4-5-14(16)10(7-11)8-12(18-17)9-13-3-1-2-6-19-13/h4-5,7,12-13,18H,1-3,6,8-9,17H2. The second-order valence-corrected chi connectivity index (χ2v) is 5.46. The summed E-state index contributed by atoms with van der Waals surface area (Å²) in [4.78, 5) is 0. The van der Waals surface area contributed by atoms with Crippen molar-refractivity contribution >= 4 is 11.6 Å². The van der Waals surface area contributed by atoms with Crippen LogP contribution >= 0.6 is 11.6 Å².